The fourth-order valence-corrected chi connectivity index (χ4v) is 4.34. The number of aromatic nitrogens is 3. The highest BCUT2D eigenvalue weighted by Gasteiger charge is 2.22. The van der Waals surface area contributed by atoms with Crippen molar-refractivity contribution >= 4 is 32.4 Å². The fraction of sp³-hybridized carbons (Fsp3) is 0.176. The Balaban J connectivity index is 1.73. The van der Waals surface area contributed by atoms with Gasteiger partial charge in [0, 0.05) is 25.0 Å². The summed E-state index contributed by atoms with van der Waals surface area (Å²) in [6.07, 6.45) is 5.05. The van der Waals surface area contributed by atoms with Gasteiger partial charge in [0.15, 0.2) is 9.34 Å². The molecular weight excluding hydrogens is 386 g/mol. The summed E-state index contributed by atoms with van der Waals surface area (Å²) < 4.78 is 23.0. The number of amides is 1. The highest BCUT2D eigenvalue weighted by atomic mass is 32.2. The number of aryl methyl sites for hydroxylation is 1. The van der Waals surface area contributed by atoms with Crippen molar-refractivity contribution in [2.75, 3.05) is 11.9 Å². The van der Waals surface area contributed by atoms with Gasteiger partial charge in [-0.15, -0.1) is 0 Å². The van der Waals surface area contributed by atoms with Crippen molar-refractivity contribution < 1.29 is 13.2 Å². The Hall–Kier alpha value is -2.69. The zero-order valence-corrected chi connectivity index (χ0v) is 16.3. The molecule has 0 aliphatic carbocycles. The Bertz CT molecular complexity index is 1060. The van der Waals surface area contributed by atoms with E-state index in [9.17, 15) is 13.2 Å². The fourth-order valence-electron chi connectivity index (χ4n) is 2.42. The summed E-state index contributed by atoms with van der Waals surface area (Å²) in [4.78, 5) is 26.3. The number of carbonyl (C=O) groups is 1. The molecule has 3 aromatic rings. The Morgan fingerprint density at radius 3 is 2.48 bits per heavy atom. The third-order valence-corrected chi connectivity index (χ3v) is 6.62. The molecule has 0 aliphatic heterocycles. The number of carbonyl (C=O) groups excluding carboxylic acids is 1. The van der Waals surface area contributed by atoms with Crippen LogP contribution in [0.3, 0.4) is 0 Å². The van der Waals surface area contributed by atoms with Crippen LogP contribution in [-0.2, 0) is 21.2 Å². The first kappa shape index (κ1) is 19.1. The average molecular weight is 403 g/mol. The van der Waals surface area contributed by atoms with E-state index in [4.69, 9.17) is 5.14 Å². The molecule has 2 aromatic heterocycles. The Labute approximate surface area is 160 Å². The van der Waals surface area contributed by atoms with Crippen LogP contribution in [0.4, 0.5) is 5.13 Å². The number of nitrogens with two attached hydrogens (primary N) is 1. The zero-order chi connectivity index (χ0) is 19.6. The Morgan fingerprint density at radius 1 is 1.22 bits per heavy atom. The van der Waals surface area contributed by atoms with E-state index in [0.29, 0.717) is 0 Å². The van der Waals surface area contributed by atoms with Gasteiger partial charge in [-0.1, -0.05) is 35.6 Å². The second kappa shape index (κ2) is 7.51. The van der Waals surface area contributed by atoms with E-state index in [1.54, 1.807) is 32.6 Å². The van der Waals surface area contributed by atoms with Crippen LogP contribution in [-0.4, -0.2) is 36.3 Å². The van der Waals surface area contributed by atoms with E-state index in [2.05, 4.69) is 15.0 Å². The van der Waals surface area contributed by atoms with E-state index in [-0.39, 0.29) is 27.4 Å². The smallest absolute Gasteiger partial charge is 0.249 e. The maximum absolute atomic E-state index is 12.5. The number of sulfonamides is 1. The highest BCUT2D eigenvalue weighted by molar-refractivity contribution is 7.91. The molecule has 8 nitrogen and oxygen atoms in total. The van der Waals surface area contributed by atoms with Crippen LogP contribution in [0.5, 0.6) is 0 Å². The van der Waals surface area contributed by atoms with Crippen molar-refractivity contribution in [3.8, 4) is 11.3 Å². The first-order valence-corrected chi connectivity index (χ1v) is 10.2. The molecule has 0 unspecified atom stereocenters. The van der Waals surface area contributed by atoms with Crippen LogP contribution >= 0.6 is 11.3 Å². The molecule has 0 aliphatic rings. The Kier molecular flexibility index (Phi) is 5.31. The van der Waals surface area contributed by atoms with Crippen LogP contribution in [0.2, 0.25) is 0 Å². The van der Waals surface area contributed by atoms with E-state index in [1.807, 2.05) is 24.3 Å². The molecule has 2 N–H and O–H groups in total. The quantitative estimate of drug-likeness (QED) is 0.693. The van der Waals surface area contributed by atoms with Gasteiger partial charge in [0.1, 0.15) is 0 Å². The SMILES string of the molecule is Cc1nc(N(C)C(=O)Cc2ccc(-c3cnccn3)cc2)sc1S(N)(=O)=O. The van der Waals surface area contributed by atoms with Crippen molar-refractivity contribution in [2.24, 2.45) is 5.14 Å². The molecule has 140 valence electrons. The molecule has 0 fully saturated rings. The number of anilines is 1. The summed E-state index contributed by atoms with van der Waals surface area (Å²) in [7, 11) is -2.30. The number of rotatable bonds is 5. The third kappa shape index (κ3) is 4.35. The van der Waals surface area contributed by atoms with Crippen molar-refractivity contribution in [3.05, 3.63) is 54.1 Å². The lowest BCUT2D eigenvalue weighted by molar-refractivity contribution is -0.117. The molecule has 3 rings (SSSR count). The summed E-state index contributed by atoms with van der Waals surface area (Å²) in [6.45, 7) is 1.54. The van der Waals surface area contributed by atoms with Gasteiger partial charge in [-0.2, -0.15) is 0 Å². The molecule has 1 amide bonds. The summed E-state index contributed by atoms with van der Waals surface area (Å²) >= 11 is 0.879. The lowest BCUT2D eigenvalue weighted by atomic mass is 10.1. The van der Waals surface area contributed by atoms with E-state index in [1.165, 1.54) is 4.90 Å². The predicted molar refractivity (Wildman–Crippen MR) is 103 cm³/mol. The topological polar surface area (TPSA) is 119 Å². The van der Waals surface area contributed by atoms with Crippen LogP contribution in [0, 0.1) is 6.92 Å². The predicted octanol–water partition coefficient (Wildman–Crippen LogP) is 1.76. The maximum Gasteiger partial charge on any atom is 0.249 e. The molecule has 0 saturated carbocycles. The van der Waals surface area contributed by atoms with Gasteiger partial charge in [-0.3, -0.25) is 19.7 Å². The van der Waals surface area contributed by atoms with Gasteiger partial charge in [0.2, 0.25) is 15.9 Å². The normalized spacial score (nSPS) is 11.4. The first-order valence-electron chi connectivity index (χ1n) is 7.88. The lowest BCUT2D eigenvalue weighted by Crippen LogP contribution is -2.27. The summed E-state index contributed by atoms with van der Waals surface area (Å²) in [5.74, 6) is -0.211. The van der Waals surface area contributed by atoms with Gasteiger partial charge in [0.05, 0.1) is 24.0 Å². The maximum atomic E-state index is 12.5. The summed E-state index contributed by atoms with van der Waals surface area (Å²) in [5, 5.41) is 5.45. The van der Waals surface area contributed by atoms with Crippen molar-refractivity contribution in [1.82, 2.24) is 15.0 Å². The standard InChI is InChI=1S/C17H17N5O3S2/c1-11-16(27(18,24)25)26-17(21-11)22(2)15(23)9-12-3-5-13(6-4-12)14-10-19-7-8-20-14/h3-8,10H,9H2,1-2H3,(H2,18,24,25). The number of hydrogen-bond acceptors (Lipinski definition) is 7. The highest BCUT2D eigenvalue weighted by Crippen LogP contribution is 2.28. The van der Waals surface area contributed by atoms with Crippen LogP contribution in [0.25, 0.3) is 11.3 Å². The monoisotopic (exact) mass is 403 g/mol. The summed E-state index contributed by atoms with van der Waals surface area (Å²) in [6, 6.07) is 7.44. The van der Waals surface area contributed by atoms with Gasteiger partial charge >= 0.3 is 0 Å². The third-order valence-electron chi connectivity index (χ3n) is 3.83. The van der Waals surface area contributed by atoms with Gasteiger partial charge in [-0.25, -0.2) is 18.5 Å². The Morgan fingerprint density at radius 2 is 1.93 bits per heavy atom. The molecule has 0 saturated heterocycles. The molecule has 0 radical (unpaired) electrons. The van der Waals surface area contributed by atoms with Gasteiger partial charge < -0.3 is 0 Å². The molecule has 1 aromatic carbocycles. The van der Waals surface area contributed by atoms with Gasteiger partial charge in [0.25, 0.3) is 0 Å². The molecular formula is C17H17N5O3S2. The molecule has 0 bridgehead atoms. The molecule has 0 atom stereocenters. The second-order valence-corrected chi connectivity index (χ2v) is 8.57. The van der Waals surface area contributed by atoms with E-state index < -0.39 is 10.0 Å². The number of nitrogens with zero attached hydrogens (tertiary/aromatic N) is 4. The van der Waals surface area contributed by atoms with Gasteiger partial charge in [-0.05, 0) is 12.5 Å². The number of primary sulfonamides is 1. The minimum absolute atomic E-state index is 0.0366. The minimum atomic E-state index is -3.85. The molecule has 27 heavy (non-hydrogen) atoms. The largest absolute Gasteiger partial charge is 0.291 e. The molecule has 0 spiro atoms. The average Bonchev–Trinajstić information content (AvgIpc) is 3.04. The van der Waals surface area contributed by atoms with Crippen molar-refractivity contribution in [2.45, 2.75) is 17.6 Å². The molecule has 10 heteroatoms. The van der Waals surface area contributed by atoms with Crippen molar-refractivity contribution in [1.29, 1.82) is 0 Å². The van der Waals surface area contributed by atoms with E-state index in [0.717, 1.165) is 28.2 Å². The van der Waals surface area contributed by atoms with E-state index >= 15 is 0 Å². The van der Waals surface area contributed by atoms with Crippen LogP contribution in [0.1, 0.15) is 11.3 Å². The molecule has 2 heterocycles. The van der Waals surface area contributed by atoms with Crippen LogP contribution < -0.4 is 10.0 Å². The number of likely N-dealkylation sites (N-methyl/N-ethyl adjacent to an activating group) is 1. The minimum Gasteiger partial charge on any atom is -0.291 e. The first-order chi connectivity index (χ1) is 12.8. The zero-order valence-electron chi connectivity index (χ0n) is 14.7. The number of thiazole rings is 1. The number of benzene rings is 1. The van der Waals surface area contributed by atoms with Crippen molar-refractivity contribution in [3.63, 3.8) is 0 Å². The van der Waals surface area contributed by atoms with Crippen LogP contribution in [0.15, 0.2) is 47.1 Å². The second-order valence-electron chi connectivity index (χ2n) is 5.83. The summed E-state index contributed by atoms with van der Waals surface area (Å²) in [5.41, 5.74) is 2.76. The number of hydrogen-bond donors (Lipinski definition) is 1. The lowest BCUT2D eigenvalue weighted by Gasteiger charge is -2.13.